The zero-order chi connectivity index (χ0) is 13.8. The first-order valence-electron chi connectivity index (χ1n) is 6.48. The normalized spacial score (nSPS) is 20.2. The van der Waals surface area contributed by atoms with Crippen molar-refractivity contribution in [1.29, 1.82) is 0 Å². The maximum Gasteiger partial charge on any atom is 0.274 e. The standard InChI is InChI=1S/C13H20N4O2/c1-10-8-14-5-7-17(10)9-12(18)15-13(19)11-4-3-6-16(11)2/h3-4,6,10,14H,5,7-9H2,1-2H3,(H,15,18,19). The third kappa shape index (κ3) is 3.42. The van der Waals surface area contributed by atoms with Crippen molar-refractivity contribution in [3.05, 3.63) is 24.0 Å². The molecule has 1 fully saturated rings. The summed E-state index contributed by atoms with van der Waals surface area (Å²) in [5.74, 6) is -0.597. The monoisotopic (exact) mass is 264 g/mol. The Labute approximate surface area is 112 Å². The molecule has 0 bridgehead atoms. The summed E-state index contributed by atoms with van der Waals surface area (Å²) in [5.41, 5.74) is 0.488. The maximum absolute atomic E-state index is 11.9. The van der Waals surface area contributed by atoms with E-state index in [4.69, 9.17) is 0 Å². The van der Waals surface area contributed by atoms with E-state index in [9.17, 15) is 9.59 Å². The van der Waals surface area contributed by atoms with Gasteiger partial charge >= 0.3 is 0 Å². The second-order valence-corrected chi connectivity index (χ2v) is 4.91. The molecule has 2 N–H and O–H groups in total. The van der Waals surface area contributed by atoms with Crippen molar-refractivity contribution < 1.29 is 9.59 Å². The van der Waals surface area contributed by atoms with Crippen molar-refractivity contribution in [2.45, 2.75) is 13.0 Å². The Morgan fingerprint density at radius 1 is 1.53 bits per heavy atom. The van der Waals surface area contributed by atoms with Gasteiger partial charge < -0.3 is 9.88 Å². The van der Waals surface area contributed by atoms with Crippen molar-refractivity contribution >= 4 is 11.8 Å². The number of rotatable bonds is 3. The molecular weight excluding hydrogens is 244 g/mol. The Balaban J connectivity index is 1.87. The molecule has 1 unspecified atom stereocenters. The van der Waals surface area contributed by atoms with Gasteiger partial charge in [0, 0.05) is 38.9 Å². The highest BCUT2D eigenvalue weighted by molar-refractivity contribution is 6.04. The third-order valence-electron chi connectivity index (χ3n) is 3.41. The van der Waals surface area contributed by atoms with E-state index in [0.717, 1.165) is 19.6 Å². The number of piperazine rings is 1. The van der Waals surface area contributed by atoms with Crippen LogP contribution in [0.15, 0.2) is 18.3 Å². The lowest BCUT2D eigenvalue weighted by Gasteiger charge is -2.33. The minimum Gasteiger partial charge on any atom is -0.347 e. The van der Waals surface area contributed by atoms with Gasteiger partial charge in [-0.3, -0.25) is 19.8 Å². The van der Waals surface area contributed by atoms with Crippen LogP contribution in [0, 0.1) is 0 Å². The van der Waals surface area contributed by atoms with Crippen LogP contribution in [0.2, 0.25) is 0 Å². The Kier molecular flexibility index (Phi) is 4.34. The average molecular weight is 264 g/mol. The second kappa shape index (κ2) is 5.99. The molecule has 6 nitrogen and oxygen atoms in total. The van der Waals surface area contributed by atoms with Crippen molar-refractivity contribution in [3.63, 3.8) is 0 Å². The van der Waals surface area contributed by atoms with E-state index in [-0.39, 0.29) is 18.4 Å². The number of amides is 2. The van der Waals surface area contributed by atoms with E-state index in [0.29, 0.717) is 11.7 Å². The molecule has 0 spiro atoms. The molecule has 104 valence electrons. The first-order chi connectivity index (χ1) is 9.08. The number of aryl methyl sites for hydroxylation is 1. The van der Waals surface area contributed by atoms with Gasteiger partial charge in [0.05, 0.1) is 6.54 Å². The molecule has 2 rings (SSSR count). The number of hydrogen-bond donors (Lipinski definition) is 2. The average Bonchev–Trinajstić information content (AvgIpc) is 2.78. The third-order valence-corrected chi connectivity index (χ3v) is 3.41. The Morgan fingerprint density at radius 3 is 2.95 bits per heavy atom. The van der Waals surface area contributed by atoms with Crippen LogP contribution < -0.4 is 10.6 Å². The number of nitrogens with one attached hydrogen (secondary N) is 2. The summed E-state index contributed by atoms with van der Waals surface area (Å²) in [5, 5.41) is 5.69. The molecule has 1 aliphatic rings. The molecule has 2 heterocycles. The predicted octanol–water partition coefficient (Wildman–Crippen LogP) is -0.425. The van der Waals surface area contributed by atoms with E-state index >= 15 is 0 Å². The van der Waals surface area contributed by atoms with Crippen LogP contribution in [0.4, 0.5) is 0 Å². The van der Waals surface area contributed by atoms with Gasteiger partial charge in [0.15, 0.2) is 0 Å². The van der Waals surface area contributed by atoms with E-state index < -0.39 is 0 Å². The van der Waals surface area contributed by atoms with E-state index in [1.54, 1.807) is 29.9 Å². The molecule has 1 saturated heterocycles. The van der Waals surface area contributed by atoms with Gasteiger partial charge in [0.1, 0.15) is 5.69 Å². The van der Waals surface area contributed by atoms with Crippen LogP contribution in [0.1, 0.15) is 17.4 Å². The number of hydrogen-bond acceptors (Lipinski definition) is 4. The van der Waals surface area contributed by atoms with Gasteiger partial charge in [-0.05, 0) is 19.1 Å². The lowest BCUT2D eigenvalue weighted by molar-refractivity contribution is -0.122. The fraction of sp³-hybridized carbons (Fsp3) is 0.538. The van der Waals surface area contributed by atoms with Crippen molar-refractivity contribution in [3.8, 4) is 0 Å². The number of aromatic nitrogens is 1. The van der Waals surface area contributed by atoms with Gasteiger partial charge in [-0.15, -0.1) is 0 Å². The molecule has 0 aliphatic carbocycles. The van der Waals surface area contributed by atoms with Gasteiger partial charge in [0.25, 0.3) is 5.91 Å². The number of carbonyl (C=O) groups excluding carboxylic acids is 2. The predicted molar refractivity (Wildman–Crippen MR) is 71.8 cm³/mol. The van der Waals surface area contributed by atoms with Gasteiger partial charge in [-0.1, -0.05) is 0 Å². The largest absolute Gasteiger partial charge is 0.347 e. The van der Waals surface area contributed by atoms with E-state index in [1.807, 2.05) is 0 Å². The molecule has 19 heavy (non-hydrogen) atoms. The lowest BCUT2D eigenvalue weighted by atomic mass is 10.2. The van der Waals surface area contributed by atoms with Crippen LogP contribution >= 0.6 is 0 Å². The molecule has 6 heteroatoms. The molecule has 0 aromatic carbocycles. The molecule has 1 atom stereocenters. The Morgan fingerprint density at radius 2 is 2.32 bits per heavy atom. The molecule has 1 aliphatic heterocycles. The fourth-order valence-electron chi connectivity index (χ4n) is 2.23. The van der Waals surface area contributed by atoms with Gasteiger partial charge in [-0.2, -0.15) is 0 Å². The molecule has 1 aromatic rings. The quantitative estimate of drug-likeness (QED) is 0.778. The summed E-state index contributed by atoms with van der Waals surface area (Å²) < 4.78 is 1.69. The van der Waals surface area contributed by atoms with Crippen LogP contribution in [-0.4, -0.2) is 53.5 Å². The molecular formula is C13H20N4O2. The zero-order valence-corrected chi connectivity index (χ0v) is 11.3. The Bertz CT molecular complexity index is 469. The topological polar surface area (TPSA) is 66.4 Å². The highest BCUT2D eigenvalue weighted by atomic mass is 16.2. The summed E-state index contributed by atoms with van der Waals surface area (Å²) in [4.78, 5) is 25.8. The van der Waals surface area contributed by atoms with E-state index in [2.05, 4.69) is 22.5 Å². The van der Waals surface area contributed by atoms with Crippen molar-refractivity contribution in [1.82, 2.24) is 20.1 Å². The highest BCUT2D eigenvalue weighted by Gasteiger charge is 2.21. The smallest absolute Gasteiger partial charge is 0.274 e. The van der Waals surface area contributed by atoms with Crippen molar-refractivity contribution in [2.24, 2.45) is 7.05 Å². The van der Waals surface area contributed by atoms with Gasteiger partial charge in [-0.25, -0.2) is 0 Å². The minimum absolute atomic E-state index is 0.250. The molecule has 0 radical (unpaired) electrons. The van der Waals surface area contributed by atoms with E-state index in [1.165, 1.54) is 0 Å². The fourth-order valence-corrected chi connectivity index (χ4v) is 2.23. The minimum atomic E-state index is -0.347. The zero-order valence-electron chi connectivity index (χ0n) is 11.3. The number of nitrogens with zero attached hydrogens (tertiary/aromatic N) is 2. The summed E-state index contributed by atoms with van der Waals surface area (Å²) in [6.45, 7) is 4.91. The van der Waals surface area contributed by atoms with Crippen LogP contribution in [-0.2, 0) is 11.8 Å². The first kappa shape index (κ1) is 13.8. The summed E-state index contributed by atoms with van der Waals surface area (Å²) in [6, 6.07) is 3.78. The van der Waals surface area contributed by atoms with Crippen LogP contribution in [0.25, 0.3) is 0 Å². The number of carbonyl (C=O) groups is 2. The summed E-state index contributed by atoms with van der Waals surface area (Å²) in [6.07, 6.45) is 1.78. The van der Waals surface area contributed by atoms with Crippen LogP contribution in [0.3, 0.4) is 0 Å². The number of imide groups is 1. The second-order valence-electron chi connectivity index (χ2n) is 4.91. The Hall–Kier alpha value is -1.66. The van der Waals surface area contributed by atoms with Crippen LogP contribution in [0.5, 0.6) is 0 Å². The molecule has 0 saturated carbocycles. The summed E-state index contributed by atoms with van der Waals surface area (Å²) >= 11 is 0. The SMILES string of the molecule is CC1CNCCN1CC(=O)NC(=O)c1cccn1C. The first-order valence-corrected chi connectivity index (χ1v) is 6.48. The highest BCUT2D eigenvalue weighted by Crippen LogP contribution is 2.02. The maximum atomic E-state index is 11.9. The lowest BCUT2D eigenvalue weighted by Crippen LogP contribution is -2.53. The van der Waals surface area contributed by atoms with Crippen molar-refractivity contribution in [2.75, 3.05) is 26.2 Å². The molecule has 1 aromatic heterocycles. The van der Waals surface area contributed by atoms with Gasteiger partial charge in [0.2, 0.25) is 5.91 Å². The summed E-state index contributed by atoms with van der Waals surface area (Å²) in [7, 11) is 1.78. The molecule has 2 amide bonds.